The summed E-state index contributed by atoms with van der Waals surface area (Å²) in [6.45, 7) is 15.5. The smallest absolute Gasteiger partial charge is 0.236 e. The number of halogens is 1. The SMILES string of the molecule is CC(=O)N1CC(Oc2ccc(-c3cccc4[nH]c(-c5ccc(N6CCOCC6)cc5)cc34)cc2C#N)C1.CC(C)(O)c1ccc(-c2cc3c(-c4ccc(OC5CCOCC5)c(C#N)c4)c(F)ccc3[nH]2)cc1.N#Cc1cc(-c2cccc3[nH]c(-c4ccc(N5CCOCC5)cc4)cc23)ccc1OC1CCN(C(=O)CN)CC1. The monoisotopic (exact) mass is 1500 g/mol. The molecule has 17 rings (SSSR count). The fourth-order valence-corrected chi connectivity index (χ4v) is 15.3. The molecule has 5 saturated heterocycles. The molecule has 0 atom stereocenters. The molecular weight excluding hydrogens is 1410 g/mol. The normalized spacial score (nSPS) is 15.6. The number of nitrogens with one attached hydrogen (secondary N) is 3. The molecule has 0 aliphatic carbocycles. The second-order valence-corrected chi connectivity index (χ2v) is 29.4. The summed E-state index contributed by atoms with van der Waals surface area (Å²) < 4.78 is 49.8. The highest BCUT2D eigenvalue weighted by Gasteiger charge is 2.32. The Morgan fingerprint density at radius 2 is 0.884 bits per heavy atom. The number of aromatic nitrogens is 3. The molecule has 8 heterocycles. The zero-order valence-electron chi connectivity index (χ0n) is 62.9. The number of morpholine rings is 2. The number of nitriles is 3. The highest BCUT2D eigenvalue weighted by Crippen LogP contribution is 2.41. The number of hydrogen-bond donors (Lipinski definition) is 5. The number of piperidine rings is 1. The number of likely N-dealkylation sites (tertiary alicyclic amines) is 2. The van der Waals surface area contributed by atoms with Crippen molar-refractivity contribution in [1.29, 1.82) is 15.8 Å². The minimum absolute atomic E-state index is 0.0110. The van der Waals surface area contributed by atoms with E-state index in [9.17, 15) is 30.5 Å². The molecule has 0 spiro atoms. The number of carbonyl (C=O) groups is 2. The van der Waals surface area contributed by atoms with E-state index >= 15 is 4.39 Å². The molecule has 0 bridgehead atoms. The van der Waals surface area contributed by atoms with Crippen molar-refractivity contribution < 1.29 is 47.5 Å². The molecule has 2 amide bonds. The van der Waals surface area contributed by atoms with E-state index in [2.05, 4.69) is 128 Å². The van der Waals surface area contributed by atoms with E-state index in [-0.39, 0.29) is 42.5 Å². The van der Waals surface area contributed by atoms with Crippen molar-refractivity contribution in [2.75, 3.05) is 108 Å². The van der Waals surface area contributed by atoms with Crippen LogP contribution in [0.3, 0.4) is 0 Å². The number of nitrogens with zero attached hydrogens (tertiary/aromatic N) is 7. The number of nitrogens with two attached hydrogens (primary N) is 1. The zero-order chi connectivity index (χ0) is 77.4. The Labute approximate surface area is 649 Å². The van der Waals surface area contributed by atoms with Crippen molar-refractivity contribution in [1.82, 2.24) is 24.8 Å². The third-order valence-electron chi connectivity index (χ3n) is 21.6. The van der Waals surface area contributed by atoms with Gasteiger partial charge in [-0.3, -0.25) is 9.59 Å². The predicted molar refractivity (Wildman–Crippen MR) is 433 cm³/mol. The van der Waals surface area contributed by atoms with Crippen LogP contribution < -0.4 is 29.7 Å². The summed E-state index contributed by atoms with van der Waals surface area (Å²) >= 11 is 0. The number of amides is 2. The molecule has 0 saturated carbocycles. The summed E-state index contributed by atoms with van der Waals surface area (Å²) in [6.07, 6.45) is 2.90. The van der Waals surface area contributed by atoms with E-state index in [0.717, 1.165) is 173 Å². The molecule has 6 N–H and O–H groups in total. The van der Waals surface area contributed by atoms with Gasteiger partial charge in [0.25, 0.3) is 0 Å². The summed E-state index contributed by atoms with van der Waals surface area (Å²) in [6, 6.07) is 70.4. The Morgan fingerprint density at radius 3 is 1.33 bits per heavy atom. The van der Waals surface area contributed by atoms with Gasteiger partial charge in [-0.1, -0.05) is 91.0 Å². The summed E-state index contributed by atoms with van der Waals surface area (Å²) in [5.41, 5.74) is 23.3. The van der Waals surface area contributed by atoms with Crippen LogP contribution >= 0.6 is 0 Å². The van der Waals surface area contributed by atoms with Crippen LogP contribution in [0.5, 0.6) is 17.2 Å². The van der Waals surface area contributed by atoms with Crippen LogP contribution in [0.1, 0.15) is 68.7 Å². The maximum absolute atomic E-state index is 15.1. The Kier molecular flexibility index (Phi) is 22.5. The standard InChI is InChI=1S/C32H33N5O3.C30H28N4O3.C29H27FN2O3/c33-20-24-18-23(6-9-31(24)40-26-10-12-37(13-11-26)32(38)21-34)27-2-1-3-29-28(27)19-30(35-29)22-4-7-25(8-5-22)36-14-16-39-17-15-36;1-20(35)34-18-25(19-34)37-30-10-7-22(15-23(30)17-31)26-3-2-4-28-27(26)16-29(32-28)21-5-8-24(9-6-21)33-11-13-36-14-12-33;1-29(2,33)21-6-3-18(4-7-21)26-16-23-25(32-26)9-8-24(30)28(23)19-5-10-27(20(15-19)17-31)35-22-11-13-34-14-12-22/h1-9,18-19,26,35H,10-17,21,34H2;2-10,15-16,25,32H,11-14,18-19H2,1H3;3-10,15-16,22,32-33H,11-14H2,1-2H3. The van der Waals surface area contributed by atoms with Crippen molar-refractivity contribution >= 4 is 55.9 Å². The van der Waals surface area contributed by atoms with Gasteiger partial charge in [0.1, 0.15) is 59.6 Å². The number of hydrogen-bond acceptors (Lipinski definition) is 15. The van der Waals surface area contributed by atoms with Crippen LogP contribution in [-0.4, -0.2) is 159 Å². The summed E-state index contributed by atoms with van der Waals surface area (Å²) in [7, 11) is 0. The summed E-state index contributed by atoms with van der Waals surface area (Å²) in [5, 5.41) is 42.7. The molecule has 5 fully saturated rings. The Bertz CT molecular complexity index is 5520. The average molecular weight is 1500 g/mol. The van der Waals surface area contributed by atoms with Gasteiger partial charge < -0.3 is 73.8 Å². The average Bonchev–Trinajstić information content (AvgIpc) is 1.57. The number of fused-ring (bicyclic) bond motifs is 3. The molecule has 9 aromatic carbocycles. The van der Waals surface area contributed by atoms with Gasteiger partial charge in [0.2, 0.25) is 11.8 Å². The largest absolute Gasteiger partial charge is 0.489 e. The molecule has 3 aromatic heterocycles. The van der Waals surface area contributed by atoms with Gasteiger partial charge in [-0.05, 0) is 167 Å². The second kappa shape index (κ2) is 33.5. The molecule has 21 heteroatoms. The third-order valence-corrected chi connectivity index (χ3v) is 21.6. The lowest BCUT2D eigenvalue weighted by atomic mass is 9.96. The molecule has 0 unspecified atom stereocenters. The van der Waals surface area contributed by atoms with E-state index in [4.69, 9.17) is 34.2 Å². The van der Waals surface area contributed by atoms with E-state index < -0.39 is 5.60 Å². The Morgan fingerprint density at radius 1 is 0.482 bits per heavy atom. The molecule has 12 aromatic rings. The Balaban J connectivity index is 0.000000133. The number of carbonyl (C=O) groups excluding carboxylic acids is 2. The molecule has 5 aliphatic rings. The molecule has 0 radical (unpaired) electrons. The van der Waals surface area contributed by atoms with E-state index in [1.165, 1.54) is 17.4 Å². The first-order chi connectivity index (χ1) is 54.5. The Hall–Kier alpha value is -12.3. The van der Waals surface area contributed by atoms with E-state index in [1.54, 1.807) is 54.8 Å². The van der Waals surface area contributed by atoms with Gasteiger partial charge in [-0.25, -0.2) is 4.39 Å². The van der Waals surface area contributed by atoms with Crippen molar-refractivity contribution in [3.05, 3.63) is 222 Å². The first kappa shape index (κ1) is 75.2. The van der Waals surface area contributed by atoms with Gasteiger partial charge in [0, 0.05) is 139 Å². The number of rotatable bonds is 16. The quantitative estimate of drug-likeness (QED) is 0.0602. The lowest BCUT2D eigenvalue weighted by Crippen LogP contribution is -2.55. The fraction of sp³-hybridized carbons (Fsp3) is 0.286. The van der Waals surface area contributed by atoms with Crippen molar-refractivity contribution in [2.45, 2.75) is 70.4 Å². The minimum atomic E-state index is -0.922. The number of aromatic amines is 3. The first-order valence-corrected chi connectivity index (χ1v) is 38.2. The van der Waals surface area contributed by atoms with Crippen molar-refractivity contribution in [3.63, 3.8) is 0 Å². The van der Waals surface area contributed by atoms with Gasteiger partial charge in [-0.15, -0.1) is 0 Å². The molecule has 20 nitrogen and oxygen atoms in total. The maximum atomic E-state index is 15.1. The molecule has 568 valence electrons. The lowest BCUT2D eigenvalue weighted by molar-refractivity contribution is -0.137. The summed E-state index contributed by atoms with van der Waals surface area (Å²) in [4.78, 5) is 42.0. The van der Waals surface area contributed by atoms with Crippen molar-refractivity contribution in [3.8, 4) is 103 Å². The first-order valence-electron chi connectivity index (χ1n) is 38.2. The topological polar surface area (TPSA) is 267 Å². The lowest BCUT2D eigenvalue weighted by Gasteiger charge is -2.38. The highest BCUT2D eigenvalue weighted by atomic mass is 19.1. The minimum Gasteiger partial charge on any atom is -0.489 e. The van der Waals surface area contributed by atoms with E-state index in [1.807, 2.05) is 78.9 Å². The maximum Gasteiger partial charge on any atom is 0.236 e. The fourth-order valence-electron chi connectivity index (χ4n) is 15.3. The van der Waals surface area contributed by atoms with Gasteiger partial charge in [0.05, 0.1) is 81.6 Å². The number of anilines is 2. The predicted octanol–water partition coefficient (Wildman–Crippen LogP) is 15.7. The molecular formula is C91H88FN11O9. The van der Waals surface area contributed by atoms with Crippen LogP contribution in [-0.2, 0) is 29.4 Å². The summed E-state index contributed by atoms with van der Waals surface area (Å²) in [5.74, 6) is 1.30. The number of ether oxygens (including phenoxy) is 6. The van der Waals surface area contributed by atoms with Crippen LogP contribution in [0.25, 0.3) is 99.9 Å². The van der Waals surface area contributed by atoms with Crippen LogP contribution in [0.15, 0.2) is 194 Å². The highest BCUT2D eigenvalue weighted by molar-refractivity contribution is 6.01. The van der Waals surface area contributed by atoms with Gasteiger partial charge in [0.15, 0.2) is 0 Å². The third kappa shape index (κ3) is 16.7. The van der Waals surface area contributed by atoms with Crippen molar-refractivity contribution in [2.24, 2.45) is 5.73 Å². The number of aliphatic hydroxyl groups is 1. The van der Waals surface area contributed by atoms with Crippen LogP contribution in [0.2, 0.25) is 0 Å². The van der Waals surface area contributed by atoms with E-state index in [0.29, 0.717) is 84.5 Å². The van der Waals surface area contributed by atoms with Crippen LogP contribution in [0.4, 0.5) is 15.8 Å². The molecule has 112 heavy (non-hydrogen) atoms. The van der Waals surface area contributed by atoms with Gasteiger partial charge >= 0.3 is 0 Å². The van der Waals surface area contributed by atoms with Gasteiger partial charge in [-0.2, -0.15) is 15.8 Å². The van der Waals surface area contributed by atoms with Crippen LogP contribution in [0, 0.1) is 39.8 Å². The second-order valence-electron chi connectivity index (χ2n) is 29.4. The number of H-pyrrole nitrogens is 3. The molecule has 5 aliphatic heterocycles. The number of benzene rings is 9. The zero-order valence-corrected chi connectivity index (χ0v) is 62.9.